The predicted molar refractivity (Wildman–Crippen MR) is 82.4 cm³/mol. The van der Waals surface area contributed by atoms with Gasteiger partial charge < -0.3 is 11.1 Å². The molecule has 0 spiro atoms. The van der Waals surface area contributed by atoms with E-state index in [2.05, 4.69) is 5.32 Å². The van der Waals surface area contributed by atoms with Gasteiger partial charge in [-0.05, 0) is 36.8 Å². The van der Waals surface area contributed by atoms with Crippen molar-refractivity contribution in [1.82, 2.24) is 5.32 Å². The van der Waals surface area contributed by atoms with E-state index in [1.165, 1.54) is 5.38 Å². The van der Waals surface area contributed by atoms with E-state index in [0.717, 1.165) is 36.7 Å². The van der Waals surface area contributed by atoms with Crippen molar-refractivity contribution in [2.45, 2.75) is 36.0 Å². The molecule has 5 nitrogen and oxygen atoms in total. The number of carbonyl (C=O) groups is 1. The van der Waals surface area contributed by atoms with Gasteiger partial charge in [0.1, 0.15) is 4.88 Å². The van der Waals surface area contributed by atoms with Gasteiger partial charge in [0.25, 0.3) is 5.91 Å². The van der Waals surface area contributed by atoms with Gasteiger partial charge in [-0.25, -0.2) is 8.42 Å². The Balaban J connectivity index is 0.00000242. The summed E-state index contributed by atoms with van der Waals surface area (Å²) in [6.45, 7) is 0.428. The molecule has 10 heteroatoms. The molecule has 0 aliphatic heterocycles. The zero-order valence-corrected chi connectivity index (χ0v) is 13.9. The Morgan fingerprint density at radius 3 is 2.73 bits per heavy atom. The third-order valence-electron chi connectivity index (χ3n) is 3.65. The van der Waals surface area contributed by atoms with Gasteiger partial charge in [-0.3, -0.25) is 4.79 Å². The second-order valence-electron chi connectivity index (χ2n) is 4.93. The normalized spacial score (nSPS) is 21.6. The van der Waals surface area contributed by atoms with Crippen LogP contribution < -0.4 is 11.1 Å². The maximum Gasteiger partial charge on any atom is 0.341 e. The zero-order valence-electron chi connectivity index (χ0n) is 11.5. The van der Waals surface area contributed by atoms with E-state index in [-0.39, 0.29) is 29.2 Å². The van der Waals surface area contributed by atoms with Crippen LogP contribution in [-0.2, 0) is 9.84 Å². The standard InChI is InChI=1S/C12H16F2N2O3S2.ClH/c13-12(14)21(18,19)9-4-5-20-10(9)11(17)16-8-3-1-2-7(8)6-15;/h4-5,7-8,12H,1-3,6,15H2,(H,16,17);1H. The van der Waals surface area contributed by atoms with Crippen LogP contribution in [-0.4, -0.2) is 32.7 Å². The smallest absolute Gasteiger partial charge is 0.341 e. The Morgan fingerprint density at radius 1 is 1.45 bits per heavy atom. The SMILES string of the molecule is Cl.NCC1CCCC1NC(=O)c1sccc1S(=O)(=O)C(F)F. The van der Waals surface area contributed by atoms with Crippen LogP contribution in [0.25, 0.3) is 0 Å². The molecule has 2 atom stereocenters. The van der Waals surface area contributed by atoms with E-state index >= 15 is 0 Å². The Labute approximate surface area is 137 Å². The summed E-state index contributed by atoms with van der Waals surface area (Å²) in [5.74, 6) is -4.03. The van der Waals surface area contributed by atoms with Crippen molar-refractivity contribution in [3.63, 3.8) is 0 Å². The lowest BCUT2D eigenvalue weighted by atomic mass is 10.0. The summed E-state index contributed by atoms with van der Waals surface area (Å²) < 4.78 is 48.3. The topological polar surface area (TPSA) is 89.3 Å². The van der Waals surface area contributed by atoms with Crippen molar-refractivity contribution in [3.05, 3.63) is 16.3 Å². The fourth-order valence-corrected chi connectivity index (χ4v) is 4.60. The zero-order chi connectivity index (χ0) is 15.6. The number of carbonyl (C=O) groups excluding carboxylic acids is 1. The van der Waals surface area contributed by atoms with Gasteiger partial charge in [0.05, 0.1) is 4.90 Å². The monoisotopic (exact) mass is 374 g/mol. The van der Waals surface area contributed by atoms with Crippen LogP contribution in [0.3, 0.4) is 0 Å². The molecule has 2 rings (SSSR count). The summed E-state index contributed by atoms with van der Waals surface area (Å²) in [6, 6.07) is 0.905. The second kappa shape index (κ2) is 7.67. The minimum atomic E-state index is -4.77. The molecule has 1 amide bonds. The number of hydrogen-bond acceptors (Lipinski definition) is 5. The highest BCUT2D eigenvalue weighted by molar-refractivity contribution is 7.92. The van der Waals surface area contributed by atoms with Crippen LogP contribution in [0.2, 0.25) is 0 Å². The number of hydrogen-bond donors (Lipinski definition) is 2. The third kappa shape index (κ3) is 3.76. The summed E-state index contributed by atoms with van der Waals surface area (Å²) in [4.78, 5) is 11.4. The van der Waals surface area contributed by atoms with E-state index in [9.17, 15) is 22.0 Å². The summed E-state index contributed by atoms with van der Waals surface area (Å²) in [5.41, 5.74) is 5.61. The first-order chi connectivity index (χ1) is 9.87. The van der Waals surface area contributed by atoms with E-state index in [1.807, 2.05) is 0 Å². The van der Waals surface area contributed by atoms with Crippen LogP contribution in [0.1, 0.15) is 28.9 Å². The van der Waals surface area contributed by atoms with Crippen molar-refractivity contribution in [1.29, 1.82) is 0 Å². The molecule has 126 valence electrons. The molecule has 0 radical (unpaired) electrons. The van der Waals surface area contributed by atoms with Crippen LogP contribution >= 0.6 is 23.7 Å². The van der Waals surface area contributed by atoms with E-state index in [1.54, 1.807) is 0 Å². The molecule has 0 aromatic carbocycles. The first-order valence-electron chi connectivity index (χ1n) is 6.48. The number of nitrogens with two attached hydrogens (primary N) is 1. The van der Waals surface area contributed by atoms with E-state index in [0.29, 0.717) is 6.54 Å². The summed E-state index contributed by atoms with van der Waals surface area (Å²) in [6.07, 6.45) is 2.59. The number of nitrogens with one attached hydrogen (secondary N) is 1. The molecule has 0 saturated heterocycles. The summed E-state index contributed by atoms with van der Waals surface area (Å²) in [5, 5.41) is 4.03. The highest BCUT2D eigenvalue weighted by Gasteiger charge is 2.34. The molecule has 1 aromatic rings. The van der Waals surface area contributed by atoms with Gasteiger partial charge in [-0.15, -0.1) is 23.7 Å². The van der Waals surface area contributed by atoms with Crippen molar-refractivity contribution in [3.8, 4) is 0 Å². The molecule has 0 bridgehead atoms. The Hall–Kier alpha value is -0.770. The lowest BCUT2D eigenvalue weighted by Gasteiger charge is -2.19. The Bertz CT molecular complexity index is 622. The molecule has 2 unspecified atom stereocenters. The molecule has 1 fully saturated rings. The number of rotatable bonds is 5. The average Bonchev–Trinajstić information content (AvgIpc) is 3.06. The number of halogens is 3. The van der Waals surface area contributed by atoms with Gasteiger partial charge >= 0.3 is 5.76 Å². The number of amides is 1. The van der Waals surface area contributed by atoms with Crippen molar-refractivity contribution in [2.75, 3.05) is 6.54 Å². The van der Waals surface area contributed by atoms with E-state index in [4.69, 9.17) is 5.73 Å². The molecular formula is C12H17ClF2N2O3S2. The maximum atomic E-state index is 12.6. The predicted octanol–water partition coefficient (Wildman–Crippen LogP) is 2.02. The molecule has 1 aliphatic rings. The van der Waals surface area contributed by atoms with Gasteiger partial charge in [-0.1, -0.05) is 6.42 Å². The minimum Gasteiger partial charge on any atom is -0.348 e. The summed E-state index contributed by atoms with van der Waals surface area (Å²) >= 11 is 0.838. The first kappa shape index (κ1) is 19.3. The van der Waals surface area contributed by atoms with Gasteiger partial charge in [0.15, 0.2) is 0 Å². The van der Waals surface area contributed by atoms with Crippen molar-refractivity contribution >= 4 is 39.5 Å². The van der Waals surface area contributed by atoms with Crippen LogP contribution in [0, 0.1) is 5.92 Å². The van der Waals surface area contributed by atoms with Crippen LogP contribution in [0.5, 0.6) is 0 Å². The third-order valence-corrected chi connectivity index (χ3v) is 6.12. The van der Waals surface area contributed by atoms with Gasteiger partial charge in [0, 0.05) is 6.04 Å². The summed E-state index contributed by atoms with van der Waals surface area (Å²) in [7, 11) is -4.77. The van der Waals surface area contributed by atoms with Crippen molar-refractivity contribution < 1.29 is 22.0 Å². The lowest BCUT2D eigenvalue weighted by Crippen LogP contribution is -2.40. The maximum absolute atomic E-state index is 12.6. The Morgan fingerprint density at radius 2 is 2.14 bits per heavy atom. The molecule has 1 aromatic heterocycles. The largest absolute Gasteiger partial charge is 0.348 e. The molecule has 22 heavy (non-hydrogen) atoms. The quantitative estimate of drug-likeness (QED) is 0.825. The minimum absolute atomic E-state index is 0. The number of alkyl halides is 2. The molecule has 1 heterocycles. The van der Waals surface area contributed by atoms with Gasteiger partial charge in [0.2, 0.25) is 9.84 Å². The average molecular weight is 375 g/mol. The first-order valence-corrected chi connectivity index (χ1v) is 8.91. The molecular weight excluding hydrogens is 358 g/mol. The lowest BCUT2D eigenvalue weighted by molar-refractivity contribution is 0.0930. The fraction of sp³-hybridized carbons (Fsp3) is 0.583. The van der Waals surface area contributed by atoms with Crippen LogP contribution in [0.4, 0.5) is 8.78 Å². The van der Waals surface area contributed by atoms with Gasteiger partial charge in [-0.2, -0.15) is 8.78 Å². The van der Waals surface area contributed by atoms with E-state index < -0.39 is 26.4 Å². The Kier molecular flexibility index (Phi) is 6.72. The number of thiophene rings is 1. The van der Waals surface area contributed by atoms with Crippen molar-refractivity contribution in [2.24, 2.45) is 11.7 Å². The highest BCUT2D eigenvalue weighted by atomic mass is 35.5. The molecule has 1 saturated carbocycles. The fourth-order valence-electron chi connectivity index (χ4n) is 2.53. The number of sulfone groups is 1. The molecule has 1 aliphatic carbocycles. The second-order valence-corrected chi connectivity index (χ2v) is 7.73. The molecule has 3 N–H and O–H groups in total. The highest BCUT2D eigenvalue weighted by Crippen LogP contribution is 2.29. The van der Waals surface area contributed by atoms with Crippen LogP contribution in [0.15, 0.2) is 16.3 Å².